The van der Waals surface area contributed by atoms with Crippen molar-refractivity contribution in [3.8, 4) is 0 Å². The van der Waals surface area contributed by atoms with Crippen LogP contribution in [0.1, 0.15) is 314 Å². The highest BCUT2D eigenvalue weighted by Gasteiger charge is 2.32. The average Bonchev–Trinajstić information content (AvgIpc) is 0.879. The fraction of sp³-hybridized carbons (Fsp3) is 0.988. The van der Waals surface area contributed by atoms with Gasteiger partial charge in [0.25, 0.3) is 0 Å². The molecule has 0 aromatic carbocycles. The number of aliphatic hydroxyl groups excluding tert-OH is 2. The Labute approximate surface area is 647 Å². The molecule has 0 aromatic heterocycles. The zero-order valence-electron chi connectivity index (χ0n) is 71.6. The van der Waals surface area contributed by atoms with Gasteiger partial charge in [-0.25, -0.2) is 16.8 Å². The minimum absolute atomic E-state index is 0.0207. The van der Waals surface area contributed by atoms with Crippen LogP contribution in [0.2, 0.25) is 0 Å². The van der Waals surface area contributed by atoms with Gasteiger partial charge in [0.15, 0.2) is 9.84 Å². The van der Waals surface area contributed by atoms with E-state index in [0.717, 1.165) is 150 Å². The molecule has 8 rings (SSSR count). The molecule has 0 atom stereocenters. The van der Waals surface area contributed by atoms with Crippen molar-refractivity contribution in [1.82, 2.24) is 14.7 Å². The second-order valence-electron chi connectivity index (χ2n) is 40.6. The van der Waals surface area contributed by atoms with Crippen molar-refractivity contribution in [3.05, 3.63) is 0 Å². The summed E-state index contributed by atoms with van der Waals surface area (Å²) < 4.78 is 55.0. The predicted molar refractivity (Wildman–Crippen MR) is 447 cm³/mol. The van der Waals surface area contributed by atoms with Gasteiger partial charge >= 0.3 is 0 Å². The van der Waals surface area contributed by atoms with E-state index in [1.807, 2.05) is 13.8 Å². The van der Waals surface area contributed by atoms with Gasteiger partial charge in [-0.05, 0) is 253 Å². The lowest BCUT2D eigenvalue weighted by atomic mass is 9.73. The summed E-state index contributed by atoms with van der Waals surface area (Å²) in [5, 5.41) is 26.8. The molecule has 102 heavy (non-hydrogen) atoms. The van der Waals surface area contributed by atoms with Gasteiger partial charge in [0.05, 0.1) is 54.5 Å². The molecule has 6 aliphatic heterocycles. The Bertz CT molecular complexity index is 2230. The van der Waals surface area contributed by atoms with Gasteiger partial charge in [-0.1, -0.05) is 175 Å². The molecule has 6 saturated heterocycles. The second-order valence-corrected chi connectivity index (χ2v) is 47.8. The van der Waals surface area contributed by atoms with Crippen LogP contribution >= 0.6 is 27.7 Å². The van der Waals surface area contributed by atoms with E-state index >= 15 is 0 Å². The van der Waals surface area contributed by atoms with Crippen LogP contribution in [0.25, 0.3) is 0 Å². The summed E-state index contributed by atoms with van der Waals surface area (Å²) in [6, 6.07) is 0. The van der Waals surface area contributed by atoms with Gasteiger partial charge in [-0.15, -0.1) is 0 Å². The maximum absolute atomic E-state index is 12.2. The number of halogens is 1. The zero-order valence-corrected chi connectivity index (χ0v) is 75.6. The smallest absolute Gasteiger partial charge is 0.236 e. The molecule has 3 N–H and O–H groups in total. The van der Waals surface area contributed by atoms with Crippen LogP contribution in [0.4, 0.5) is 0 Å². The van der Waals surface area contributed by atoms with E-state index in [1.165, 1.54) is 114 Å². The van der Waals surface area contributed by atoms with Crippen molar-refractivity contribution >= 4 is 53.3 Å². The topological polar surface area (TPSA) is 174 Å². The Hall–Kier alpha value is -0.0800. The molecule has 0 aromatic rings. The zero-order chi connectivity index (χ0) is 78.4. The highest BCUT2D eigenvalue weighted by Crippen LogP contribution is 2.38. The molecular formula is C85H172BrN3O10S3. The number of alkyl halides is 1. The number of piperidine rings is 1. The number of morpholine rings is 1. The van der Waals surface area contributed by atoms with E-state index in [9.17, 15) is 26.7 Å². The molecule has 13 nitrogen and oxygen atoms in total. The van der Waals surface area contributed by atoms with Crippen LogP contribution in [0.5, 0.6) is 0 Å². The van der Waals surface area contributed by atoms with E-state index < -0.39 is 25.3 Å². The lowest BCUT2D eigenvalue weighted by Gasteiger charge is -2.35. The van der Waals surface area contributed by atoms with Crippen LogP contribution in [-0.4, -0.2) is 189 Å². The first-order valence-corrected chi connectivity index (χ1v) is 46.9. The maximum Gasteiger partial charge on any atom is 0.236 e. The molecule has 8 fully saturated rings. The molecule has 6 heterocycles. The number of carbonyl (C=O) groups is 1. The van der Waals surface area contributed by atoms with Crippen LogP contribution < -0.4 is 0 Å². The van der Waals surface area contributed by atoms with E-state index in [-0.39, 0.29) is 16.9 Å². The van der Waals surface area contributed by atoms with Gasteiger partial charge in [-0.2, -0.15) is 11.8 Å². The fourth-order valence-electron chi connectivity index (χ4n) is 15.4. The number of hydrogen-bond donors (Lipinski definition) is 3. The van der Waals surface area contributed by atoms with Gasteiger partial charge < -0.3 is 34.6 Å². The Morgan fingerprint density at radius 2 is 0.853 bits per heavy atom. The first-order chi connectivity index (χ1) is 46.7. The largest absolute Gasteiger partial charge is 0.396 e. The number of carbonyl (C=O) groups excluding carboxylic acids is 1. The number of ether oxygens (including phenoxy) is 2. The monoisotopic (exact) mass is 1570 g/mol. The molecule has 0 unspecified atom stereocenters. The maximum atomic E-state index is 12.2. The molecule has 2 aliphatic carbocycles. The van der Waals surface area contributed by atoms with Crippen LogP contribution in [-0.2, 0) is 33.9 Å². The van der Waals surface area contributed by atoms with Gasteiger partial charge in [0.1, 0.15) is 9.84 Å². The van der Waals surface area contributed by atoms with Gasteiger partial charge in [0.2, 0.25) is 5.91 Å². The number of nitrogens with zero attached hydrogens (tertiary/aromatic N) is 3. The van der Waals surface area contributed by atoms with Crippen molar-refractivity contribution in [2.45, 2.75) is 331 Å². The van der Waals surface area contributed by atoms with Crippen molar-refractivity contribution in [2.24, 2.45) is 86.3 Å². The number of rotatable bonds is 15. The molecule has 2 saturated carbocycles. The van der Waals surface area contributed by atoms with E-state index in [1.54, 1.807) is 0 Å². The summed E-state index contributed by atoms with van der Waals surface area (Å²) in [7, 11) is -5.36. The van der Waals surface area contributed by atoms with Crippen LogP contribution in [0.15, 0.2) is 0 Å². The lowest BCUT2D eigenvalue weighted by molar-refractivity contribution is -0.134. The van der Waals surface area contributed by atoms with Crippen molar-refractivity contribution in [3.63, 3.8) is 0 Å². The molecule has 612 valence electrons. The SMILES string of the molecule is CC(C)(C)CC(C)(C)O.CC(C)(C)CC1CC(O)C1.CC(C)(C)CC1CCC(Br)CC1.CC(C)(C)CCO.CC(C)(C)CN1CCS(=O)(=O)CC1.CC(C)CC1CCN(C(=O)CN2CCOCC2)CC1.CC(C)CC1CCOCC1.CC(C)CC1CCS(=O)(=O)CC1.CC(C)CC1CCSCC1. The number of thioether (sulfide) groups is 1. The molecule has 0 radical (unpaired) electrons. The number of hydrogen-bond acceptors (Lipinski definition) is 13. The normalized spacial score (nSPS) is 23.7. The first-order valence-electron chi connectivity index (χ1n) is 41.2. The highest BCUT2D eigenvalue weighted by molar-refractivity contribution is 9.09. The Morgan fingerprint density at radius 3 is 1.21 bits per heavy atom. The number of aliphatic hydroxyl groups is 3. The quantitative estimate of drug-likeness (QED) is 0.132. The predicted octanol–water partition coefficient (Wildman–Crippen LogP) is 20.0. The lowest BCUT2D eigenvalue weighted by Crippen LogP contribution is -2.47. The van der Waals surface area contributed by atoms with Crippen LogP contribution in [0, 0.1) is 86.3 Å². The second kappa shape index (κ2) is 51.5. The molecule has 0 bridgehead atoms. The first kappa shape index (κ1) is 102. The molecular weight excluding hydrogens is 1400 g/mol. The molecule has 17 heteroatoms. The van der Waals surface area contributed by atoms with E-state index in [4.69, 9.17) is 19.7 Å². The fourth-order valence-corrected chi connectivity index (χ4v) is 20.0. The summed E-state index contributed by atoms with van der Waals surface area (Å²) in [5.74, 6) is 13.2. The third kappa shape index (κ3) is 62.7. The summed E-state index contributed by atoms with van der Waals surface area (Å²) in [4.78, 5) is 19.6. The summed E-state index contributed by atoms with van der Waals surface area (Å²) in [6.45, 7) is 65.6. The number of amides is 1. The Balaban J connectivity index is 0.00000114. The van der Waals surface area contributed by atoms with Crippen molar-refractivity contribution in [2.75, 3.05) is 120 Å². The molecule has 1 amide bonds. The summed E-state index contributed by atoms with van der Waals surface area (Å²) in [6.07, 6.45) is 27.2. The molecule has 8 aliphatic rings. The standard InChI is InChI=1S/C15H28N2O2.C11H21Br.C9H19NO2S.C9H18O2S.2C9H18O.C9H18S.C8H18O.C6H14O/c1-13(2)11-14-3-5-17(6-4-14)15(18)12-16-7-9-19-10-8-16;1-11(2,3)8-9-4-6-10(12)7-5-9;1-9(2,3)8-10-4-6-13(11,12)7-5-10;1-8(2)7-9-3-5-12(10,11)6-4-9;1-9(2,3)6-7-4-8(10)5-7;2*1-8(2)7-9-3-5-10-6-4-9;1-7(2,3)6-8(4,5)9;1-6(2,3)4-5-7/h13-14H,3-12H2,1-2H3;9-10H,4-8H2,1-3H3;4-8H2,1-3H3;8-9H,3-7H2,1-2H3;7-8,10H,4-6H2,1-3H3;2*8-9H,3-7H2,1-2H3;9H,6H2,1-5H3;7H,4-5H2,1-3H3. The third-order valence-corrected chi connectivity index (χ3v) is 25.0. The van der Waals surface area contributed by atoms with E-state index in [2.05, 4.69) is 202 Å². The highest BCUT2D eigenvalue weighted by atomic mass is 79.9. The Kier molecular flexibility index (Phi) is 51.4. The van der Waals surface area contributed by atoms with Crippen molar-refractivity contribution < 1.29 is 46.4 Å². The number of sulfone groups is 2. The van der Waals surface area contributed by atoms with Gasteiger partial charge in [0, 0.05) is 70.5 Å². The minimum Gasteiger partial charge on any atom is -0.396 e. The van der Waals surface area contributed by atoms with Crippen LogP contribution in [0.3, 0.4) is 0 Å². The number of likely N-dealkylation sites (tertiary alicyclic amines) is 1. The van der Waals surface area contributed by atoms with Gasteiger partial charge in [-0.3, -0.25) is 9.69 Å². The summed E-state index contributed by atoms with van der Waals surface area (Å²) >= 11 is 5.82. The van der Waals surface area contributed by atoms with Crippen molar-refractivity contribution in [1.29, 1.82) is 0 Å². The summed E-state index contributed by atoms with van der Waals surface area (Å²) in [5.41, 5.74) is 1.26. The average molecular weight is 1570 g/mol. The van der Waals surface area contributed by atoms with E-state index in [0.29, 0.717) is 83.2 Å². The minimum atomic E-state index is -2.71. The Morgan fingerprint density at radius 1 is 0.461 bits per heavy atom. The molecule has 0 spiro atoms. The third-order valence-electron chi connectivity index (χ3n) is 19.8.